The van der Waals surface area contributed by atoms with E-state index in [1.54, 1.807) is 12.4 Å². The lowest BCUT2D eigenvalue weighted by atomic mass is 10.0. The van der Waals surface area contributed by atoms with Gasteiger partial charge in [-0.15, -0.1) is 0 Å². The summed E-state index contributed by atoms with van der Waals surface area (Å²) < 4.78 is 0. The number of fused-ring (bicyclic) bond motifs is 1. The summed E-state index contributed by atoms with van der Waals surface area (Å²) in [6.07, 6.45) is 5.40. The van der Waals surface area contributed by atoms with Crippen LogP contribution in [0.1, 0.15) is 37.6 Å². The van der Waals surface area contributed by atoms with E-state index in [9.17, 15) is 4.79 Å². The molecule has 28 heavy (non-hydrogen) atoms. The van der Waals surface area contributed by atoms with Gasteiger partial charge in [0, 0.05) is 48.0 Å². The minimum Gasteiger partial charge on any atom is -0.355 e. The number of amides is 1. The molecule has 0 radical (unpaired) electrons. The maximum absolute atomic E-state index is 11.4. The van der Waals surface area contributed by atoms with Crippen LogP contribution in [0.2, 0.25) is 0 Å². The average Bonchev–Trinajstić information content (AvgIpc) is 3.08. The number of rotatable bonds is 7. The van der Waals surface area contributed by atoms with Crippen LogP contribution in [0.5, 0.6) is 0 Å². The molecule has 0 aliphatic carbocycles. The number of hydrazone groups is 1. The molecule has 6 nitrogen and oxygen atoms in total. The Morgan fingerprint density at radius 3 is 2.64 bits per heavy atom. The van der Waals surface area contributed by atoms with Crippen molar-refractivity contribution in [3.8, 4) is 0 Å². The van der Waals surface area contributed by atoms with Gasteiger partial charge in [0.2, 0.25) is 5.91 Å². The molecule has 0 atom stereocenters. The second-order valence-corrected chi connectivity index (χ2v) is 6.53. The van der Waals surface area contributed by atoms with Crippen molar-refractivity contribution in [2.45, 2.75) is 27.3 Å². The molecule has 0 spiro atoms. The summed E-state index contributed by atoms with van der Waals surface area (Å²) >= 11 is 0. The fourth-order valence-corrected chi connectivity index (χ4v) is 3.09. The van der Waals surface area contributed by atoms with Gasteiger partial charge in [-0.05, 0) is 48.9 Å². The Bertz CT molecular complexity index is 1020. The maximum Gasteiger partial charge on any atom is 0.236 e. The number of aromatic amines is 1. The van der Waals surface area contributed by atoms with Crippen molar-refractivity contribution in [1.29, 1.82) is 0 Å². The zero-order chi connectivity index (χ0) is 19.9. The highest BCUT2D eigenvalue weighted by Crippen LogP contribution is 2.27. The summed E-state index contributed by atoms with van der Waals surface area (Å²) in [5.74, 6) is -0.212. The zero-order valence-electron chi connectivity index (χ0n) is 16.4. The fourth-order valence-electron chi connectivity index (χ4n) is 3.09. The summed E-state index contributed by atoms with van der Waals surface area (Å²) in [7, 11) is 0. The first-order chi connectivity index (χ1) is 13.6. The van der Waals surface area contributed by atoms with Crippen LogP contribution in [0.25, 0.3) is 16.5 Å². The Hall–Kier alpha value is -3.25. The number of hydrogen-bond donors (Lipinski definition) is 3. The molecule has 0 fully saturated rings. The summed E-state index contributed by atoms with van der Waals surface area (Å²) in [6.45, 7) is 7.25. The van der Waals surface area contributed by atoms with Crippen molar-refractivity contribution in [1.82, 2.24) is 20.7 Å². The molecule has 0 saturated heterocycles. The van der Waals surface area contributed by atoms with Crippen LogP contribution in [-0.4, -0.2) is 28.1 Å². The predicted molar refractivity (Wildman–Crippen MR) is 114 cm³/mol. The molecule has 2 aromatic heterocycles. The summed E-state index contributed by atoms with van der Waals surface area (Å²) in [5, 5.41) is 8.91. The number of benzene rings is 1. The third-order valence-corrected chi connectivity index (χ3v) is 4.42. The van der Waals surface area contributed by atoms with E-state index in [4.69, 9.17) is 0 Å². The first-order valence-electron chi connectivity index (χ1n) is 9.33. The molecule has 0 aliphatic rings. The summed E-state index contributed by atoms with van der Waals surface area (Å²) in [4.78, 5) is 19.0. The number of aromatic nitrogens is 2. The van der Waals surface area contributed by atoms with Crippen molar-refractivity contribution >= 4 is 28.1 Å². The van der Waals surface area contributed by atoms with E-state index in [1.807, 2.05) is 31.2 Å². The minimum atomic E-state index is -0.212. The number of H-pyrrole nitrogens is 1. The Balaban J connectivity index is 2.07. The third kappa shape index (κ3) is 4.53. The van der Waals surface area contributed by atoms with Gasteiger partial charge in [0.25, 0.3) is 0 Å². The van der Waals surface area contributed by atoms with Gasteiger partial charge in [0.15, 0.2) is 0 Å². The molecule has 1 amide bonds. The number of nitrogens with zero attached hydrogens (tertiary/aromatic N) is 2. The van der Waals surface area contributed by atoms with E-state index in [-0.39, 0.29) is 5.91 Å². The van der Waals surface area contributed by atoms with Gasteiger partial charge < -0.3 is 10.3 Å². The lowest BCUT2D eigenvalue weighted by Gasteiger charge is -2.08. The van der Waals surface area contributed by atoms with Gasteiger partial charge >= 0.3 is 0 Å². The number of pyridine rings is 1. The van der Waals surface area contributed by atoms with Gasteiger partial charge in [0.05, 0.1) is 5.71 Å². The van der Waals surface area contributed by atoms with Gasteiger partial charge in [-0.25, -0.2) is 5.43 Å². The Labute approximate surface area is 164 Å². The van der Waals surface area contributed by atoms with E-state index >= 15 is 0 Å². The molecule has 144 valence electrons. The van der Waals surface area contributed by atoms with E-state index in [1.165, 1.54) is 17.9 Å². The van der Waals surface area contributed by atoms with Crippen LogP contribution in [-0.2, 0) is 11.3 Å². The number of para-hydroxylation sites is 1. The zero-order valence-corrected chi connectivity index (χ0v) is 16.4. The minimum absolute atomic E-state index is 0.212. The number of allylic oxidation sites excluding steroid dienone is 2. The first kappa shape index (κ1) is 19.5. The largest absolute Gasteiger partial charge is 0.355 e. The van der Waals surface area contributed by atoms with Gasteiger partial charge in [-0.1, -0.05) is 25.1 Å². The molecule has 2 heterocycles. The van der Waals surface area contributed by atoms with Crippen molar-refractivity contribution in [2.24, 2.45) is 5.10 Å². The molecule has 3 N–H and O–H groups in total. The van der Waals surface area contributed by atoms with Crippen molar-refractivity contribution in [3.63, 3.8) is 0 Å². The van der Waals surface area contributed by atoms with Crippen LogP contribution in [0.4, 0.5) is 0 Å². The summed E-state index contributed by atoms with van der Waals surface area (Å²) in [6, 6.07) is 12.0. The van der Waals surface area contributed by atoms with Crippen molar-refractivity contribution < 1.29 is 4.79 Å². The fraction of sp³-hybridized carbons (Fsp3) is 0.227. The predicted octanol–water partition coefficient (Wildman–Crippen LogP) is 3.62. The molecule has 6 heteroatoms. The Morgan fingerprint density at radius 2 is 1.93 bits per heavy atom. The lowest BCUT2D eigenvalue weighted by Crippen LogP contribution is -2.16. The molecule has 1 aromatic carbocycles. The lowest BCUT2D eigenvalue weighted by molar-refractivity contribution is -0.118. The molecule has 3 aromatic rings. The number of nitrogens with one attached hydrogen (secondary N) is 3. The highest BCUT2D eigenvalue weighted by Gasteiger charge is 2.13. The molecular formula is C22H25N5O. The van der Waals surface area contributed by atoms with Crippen LogP contribution in [0, 0.1) is 0 Å². The monoisotopic (exact) mass is 375 g/mol. The topological polar surface area (TPSA) is 82.2 Å². The number of carbonyl (C=O) groups is 1. The number of hydrogen-bond acceptors (Lipinski definition) is 4. The van der Waals surface area contributed by atoms with Crippen LogP contribution in [0.3, 0.4) is 0 Å². The smallest absolute Gasteiger partial charge is 0.236 e. The highest BCUT2D eigenvalue weighted by atomic mass is 16.2. The van der Waals surface area contributed by atoms with Crippen molar-refractivity contribution in [3.05, 3.63) is 71.7 Å². The third-order valence-electron chi connectivity index (χ3n) is 4.42. The second-order valence-electron chi connectivity index (χ2n) is 6.53. The first-order valence-corrected chi connectivity index (χ1v) is 9.33. The molecular weight excluding hydrogens is 350 g/mol. The van der Waals surface area contributed by atoms with Crippen molar-refractivity contribution in [2.75, 3.05) is 6.54 Å². The van der Waals surface area contributed by atoms with E-state index < -0.39 is 0 Å². The molecule has 0 bridgehead atoms. The molecule has 0 aliphatic heterocycles. The summed E-state index contributed by atoms with van der Waals surface area (Å²) in [5.41, 5.74) is 8.51. The standard InChI is InChI=1S/C22H25N5O/c1-4-23-14-19-18-7-5-6-8-20(18)25-22(19)15(2)13-21(27-26-16(3)28)17-9-11-24-12-10-17/h5-13,23,25H,4,14H2,1-3H3,(H,26,28)/b15-13+,27-21+. The Morgan fingerprint density at radius 1 is 1.18 bits per heavy atom. The Kier molecular flexibility index (Phi) is 6.34. The van der Waals surface area contributed by atoms with Gasteiger partial charge in [-0.2, -0.15) is 5.10 Å². The van der Waals surface area contributed by atoms with E-state index in [0.717, 1.165) is 35.4 Å². The van der Waals surface area contributed by atoms with Crippen LogP contribution >= 0.6 is 0 Å². The second kappa shape index (κ2) is 9.10. The molecule has 0 unspecified atom stereocenters. The van der Waals surface area contributed by atoms with Crippen LogP contribution < -0.4 is 10.7 Å². The van der Waals surface area contributed by atoms with Gasteiger partial charge in [-0.3, -0.25) is 9.78 Å². The normalized spacial score (nSPS) is 12.4. The number of carbonyl (C=O) groups excluding carboxylic acids is 1. The highest BCUT2D eigenvalue weighted by molar-refractivity contribution is 6.12. The quantitative estimate of drug-likeness (QED) is 0.436. The van der Waals surface area contributed by atoms with E-state index in [2.05, 4.69) is 50.9 Å². The average molecular weight is 375 g/mol. The van der Waals surface area contributed by atoms with Gasteiger partial charge in [0.1, 0.15) is 0 Å². The SMILES string of the molecule is CCNCc1c(/C(C)=C/C(=N\NC(C)=O)c2ccncc2)[nH]c2ccccc12. The van der Waals surface area contributed by atoms with Crippen LogP contribution in [0.15, 0.2) is 60.0 Å². The molecule has 3 rings (SSSR count). The van der Waals surface area contributed by atoms with E-state index in [0.29, 0.717) is 5.71 Å². The molecule has 0 saturated carbocycles. The maximum atomic E-state index is 11.4.